The number of ether oxygens (including phenoxy) is 2. The van der Waals surface area contributed by atoms with Crippen LogP contribution in [0.25, 0.3) is 0 Å². The number of carbonyl (C=O) groups is 1. The number of hydrogen-bond donors (Lipinski definition) is 1. The number of anilines is 1. The highest BCUT2D eigenvalue weighted by Crippen LogP contribution is 2.35. The van der Waals surface area contributed by atoms with Gasteiger partial charge in [0.1, 0.15) is 17.9 Å². The Morgan fingerprint density at radius 1 is 1.12 bits per heavy atom. The zero-order valence-corrected chi connectivity index (χ0v) is 14.3. The second kappa shape index (κ2) is 7.65. The van der Waals surface area contributed by atoms with Crippen LogP contribution in [0.4, 0.5) is 16.2 Å². The van der Waals surface area contributed by atoms with Gasteiger partial charge in [0.25, 0.3) is 0 Å². The SMILES string of the molecule is CC(C)(C)OC(=O)Nc1cccc(OCc2ccccc2)c1[N+](=O)[O-]. The van der Waals surface area contributed by atoms with Gasteiger partial charge in [-0.05, 0) is 38.5 Å². The lowest BCUT2D eigenvalue weighted by Crippen LogP contribution is -2.27. The maximum atomic E-state index is 11.9. The van der Waals surface area contributed by atoms with E-state index in [2.05, 4.69) is 5.32 Å². The molecule has 132 valence electrons. The largest absolute Gasteiger partial charge is 0.482 e. The monoisotopic (exact) mass is 344 g/mol. The van der Waals surface area contributed by atoms with Gasteiger partial charge >= 0.3 is 11.8 Å². The molecular weight excluding hydrogens is 324 g/mol. The van der Waals surface area contributed by atoms with Gasteiger partial charge in [-0.1, -0.05) is 36.4 Å². The fraction of sp³-hybridized carbons (Fsp3) is 0.278. The molecule has 0 aliphatic heterocycles. The van der Waals surface area contributed by atoms with E-state index >= 15 is 0 Å². The Bertz CT molecular complexity index is 754. The molecule has 25 heavy (non-hydrogen) atoms. The lowest BCUT2D eigenvalue weighted by Gasteiger charge is -2.19. The van der Waals surface area contributed by atoms with Crippen LogP contribution < -0.4 is 10.1 Å². The van der Waals surface area contributed by atoms with Crippen LogP contribution in [0, 0.1) is 10.1 Å². The molecule has 2 aromatic rings. The van der Waals surface area contributed by atoms with Crippen molar-refractivity contribution in [2.45, 2.75) is 33.0 Å². The fourth-order valence-electron chi connectivity index (χ4n) is 2.08. The van der Waals surface area contributed by atoms with Gasteiger partial charge in [0.05, 0.1) is 4.92 Å². The Hall–Kier alpha value is -3.09. The van der Waals surface area contributed by atoms with Crippen LogP contribution in [0.5, 0.6) is 5.75 Å². The van der Waals surface area contributed by atoms with Crippen molar-refractivity contribution in [2.24, 2.45) is 0 Å². The van der Waals surface area contributed by atoms with Gasteiger partial charge in [-0.15, -0.1) is 0 Å². The average molecular weight is 344 g/mol. The normalized spacial score (nSPS) is 10.8. The molecule has 0 fully saturated rings. The fourth-order valence-corrected chi connectivity index (χ4v) is 2.08. The third-order valence-corrected chi connectivity index (χ3v) is 3.05. The van der Waals surface area contributed by atoms with E-state index in [1.54, 1.807) is 26.8 Å². The maximum Gasteiger partial charge on any atom is 0.412 e. The van der Waals surface area contributed by atoms with Crippen molar-refractivity contribution < 1.29 is 19.2 Å². The highest BCUT2D eigenvalue weighted by Gasteiger charge is 2.24. The molecule has 0 saturated heterocycles. The number of carbonyl (C=O) groups excluding carboxylic acids is 1. The molecule has 2 rings (SSSR count). The number of benzene rings is 2. The molecule has 7 nitrogen and oxygen atoms in total. The Morgan fingerprint density at radius 3 is 2.40 bits per heavy atom. The summed E-state index contributed by atoms with van der Waals surface area (Å²) in [5.74, 6) is 0.0717. The van der Waals surface area contributed by atoms with E-state index in [1.807, 2.05) is 30.3 Å². The van der Waals surface area contributed by atoms with E-state index in [0.717, 1.165) is 5.56 Å². The topological polar surface area (TPSA) is 90.7 Å². The zero-order chi connectivity index (χ0) is 18.4. The number of amides is 1. The first-order valence-corrected chi connectivity index (χ1v) is 7.70. The molecule has 0 saturated carbocycles. The van der Waals surface area contributed by atoms with E-state index in [9.17, 15) is 14.9 Å². The van der Waals surface area contributed by atoms with Crippen LogP contribution in [-0.4, -0.2) is 16.6 Å². The van der Waals surface area contributed by atoms with E-state index in [1.165, 1.54) is 12.1 Å². The molecule has 0 spiro atoms. The molecule has 0 radical (unpaired) electrons. The van der Waals surface area contributed by atoms with E-state index in [4.69, 9.17) is 9.47 Å². The first-order chi connectivity index (χ1) is 11.8. The third kappa shape index (κ3) is 5.49. The van der Waals surface area contributed by atoms with E-state index in [0.29, 0.717) is 0 Å². The molecule has 0 atom stereocenters. The molecule has 0 aromatic heterocycles. The van der Waals surface area contributed by atoms with Gasteiger partial charge in [-0.25, -0.2) is 4.79 Å². The molecular formula is C18H20N2O5. The summed E-state index contributed by atoms with van der Waals surface area (Å²) in [5, 5.41) is 13.9. The Labute approximate surface area is 145 Å². The molecule has 1 N–H and O–H groups in total. The first kappa shape index (κ1) is 18.3. The lowest BCUT2D eigenvalue weighted by molar-refractivity contribution is -0.385. The summed E-state index contributed by atoms with van der Waals surface area (Å²) >= 11 is 0. The van der Waals surface area contributed by atoms with Gasteiger partial charge in [0, 0.05) is 0 Å². The number of nitro groups is 1. The minimum Gasteiger partial charge on any atom is -0.482 e. The number of nitrogens with zero attached hydrogens (tertiary/aromatic N) is 1. The molecule has 0 heterocycles. The van der Waals surface area contributed by atoms with Crippen LogP contribution in [-0.2, 0) is 11.3 Å². The standard InChI is InChI=1S/C18H20N2O5/c1-18(2,3)25-17(21)19-14-10-7-11-15(16(14)20(22)23)24-12-13-8-5-4-6-9-13/h4-11H,12H2,1-3H3,(H,19,21). The average Bonchev–Trinajstić information content (AvgIpc) is 2.51. The number of nitrogens with one attached hydrogen (secondary N) is 1. The number of rotatable bonds is 5. The smallest absolute Gasteiger partial charge is 0.412 e. The minimum atomic E-state index is -0.768. The van der Waals surface area contributed by atoms with Crippen molar-refractivity contribution in [3.63, 3.8) is 0 Å². The van der Waals surface area contributed by atoms with Crippen LogP contribution >= 0.6 is 0 Å². The van der Waals surface area contributed by atoms with Crippen molar-refractivity contribution >= 4 is 17.5 Å². The van der Waals surface area contributed by atoms with Gasteiger partial charge < -0.3 is 9.47 Å². The van der Waals surface area contributed by atoms with Gasteiger partial charge in [-0.2, -0.15) is 0 Å². The summed E-state index contributed by atoms with van der Waals surface area (Å²) < 4.78 is 10.7. The molecule has 0 bridgehead atoms. The highest BCUT2D eigenvalue weighted by molar-refractivity contribution is 5.89. The maximum absolute atomic E-state index is 11.9. The Balaban J connectivity index is 2.20. The Morgan fingerprint density at radius 2 is 1.80 bits per heavy atom. The molecule has 1 amide bonds. The summed E-state index contributed by atoms with van der Waals surface area (Å²) in [7, 11) is 0. The van der Waals surface area contributed by atoms with E-state index < -0.39 is 16.6 Å². The van der Waals surface area contributed by atoms with Gasteiger partial charge in [-0.3, -0.25) is 15.4 Å². The predicted molar refractivity (Wildman–Crippen MR) is 93.7 cm³/mol. The van der Waals surface area contributed by atoms with Crippen molar-refractivity contribution in [2.75, 3.05) is 5.32 Å². The number of para-hydroxylation sites is 1. The predicted octanol–water partition coefficient (Wildman–Crippen LogP) is 4.52. The van der Waals surface area contributed by atoms with E-state index in [-0.39, 0.29) is 23.7 Å². The molecule has 7 heteroatoms. The molecule has 2 aromatic carbocycles. The molecule has 0 aliphatic rings. The Kier molecular flexibility index (Phi) is 5.59. The summed E-state index contributed by atoms with van der Waals surface area (Å²) in [6.45, 7) is 5.30. The molecule has 0 unspecified atom stereocenters. The summed E-state index contributed by atoms with van der Waals surface area (Å²) in [4.78, 5) is 22.8. The van der Waals surface area contributed by atoms with Gasteiger partial charge in [0.15, 0.2) is 5.75 Å². The van der Waals surface area contributed by atoms with Crippen molar-refractivity contribution in [3.8, 4) is 5.75 Å². The minimum absolute atomic E-state index is 0.0183. The molecule has 0 aliphatic carbocycles. The van der Waals surface area contributed by atoms with Crippen LogP contribution in [0.3, 0.4) is 0 Å². The number of nitro benzene ring substituents is 1. The zero-order valence-electron chi connectivity index (χ0n) is 14.3. The quantitative estimate of drug-likeness (QED) is 0.636. The van der Waals surface area contributed by atoms with Crippen molar-refractivity contribution in [1.82, 2.24) is 0 Å². The van der Waals surface area contributed by atoms with Crippen molar-refractivity contribution in [3.05, 3.63) is 64.2 Å². The summed E-state index contributed by atoms with van der Waals surface area (Å²) in [5.41, 5.74) is -0.128. The second-order valence-corrected chi connectivity index (χ2v) is 6.31. The van der Waals surface area contributed by atoms with Crippen LogP contribution in [0.15, 0.2) is 48.5 Å². The third-order valence-electron chi connectivity index (χ3n) is 3.05. The summed E-state index contributed by atoms with van der Waals surface area (Å²) in [6, 6.07) is 13.8. The lowest BCUT2D eigenvalue weighted by atomic mass is 10.2. The number of hydrogen-bond acceptors (Lipinski definition) is 5. The first-order valence-electron chi connectivity index (χ1n) is 7.70. The second-order valence-electron chi connectivity index (χ2n) is 6.31. The summed E-state index contributed by atoms with van der Waals surface area (Å²) in [6.07, 6.45) is -0.768. The van der Waals surface area contributed by atoms with Crippen LogP contribution in [0.1, 0.15) is 26.3 Å². The highest BCUT2D eigenvalue weighted by atomic mass is 16.6. The van der Waals surface area contributed by atoms with Crippen molar-refractivity contribution in [1.29, 1.82) is 0 Å². The van der Waals surface area contributed by atoms with Gasteiger partial charge in [0.2, 0.25) is 0 Å². The van der Waals surface area contributed by atoms with Crippen LogP contribution in [0.2, 0.25) is 0 Å².